The second-order valence-corrected chi connectivity index (χ2v) is 8.87. The summed E-state index contributed by atoms with van der Waals surface area (Å²) in [6, 6.07) is 8.02. The van der Waals surface area contributed by atoms with Crippen molar-refractivity contribution in [3.05, 3.63) is 46.8 Å². The number of amides is 1. The number of methoxy groups -OCH3 is 1. The maximum atomic E-state index is 13.4. The molecule has 31 heavy (non-hydrogen) atoms. The average molecular weight is 425 g/mol. The summed E-state index contributed by atoms with van der Waals surface area (Å²) in [5.41, 5.74) is 4.58. The number of nitrogens with zero attached hydrogens (tertiary/aromatic N) is 4. The molecule has 5 rings (SSSR count). The van der Waals surface area contributed by atoms with Crippen LogP contribution in [-0.4, -0.2) is 65.4 Å². The molecular weight excluding hydrogens is 392 g/mol. The molecule has 1 aliphatic carbocycles. The first kappa shape index (κ1) is 20.5. The van der Waals surface area contributed by atoms with Crippen LogP contribution in [0, 0.1) is 0 Å². The molecule has 2 fully saturated rings. The molecule has 1 saturated carbocycles. The molecule has 3 heterocycles. The Kier molecular flexibility index (Phi) is 5.48. The van der Waals surface area contributed by atoms with E-state index in [1.54, 1.807) is 7.11 Å². The summed E-state index contributed by atoms with van der Waals surface area (Å²) < 4.78 is 13.1. The molecular formula is C24H32N4O3. The van der Waals surface area contributed by atoms with Crippen LogP contribution in [0.5, 0.6) is 5.75 Å². The first-order valence-electron chi connectivity index (χ1n) is 11.5. The minimum Gasteiger partial charge on any atom is -0.497 e. The molecule has 7 heteroatoms. The van der Waals surface area contributed by atoms with Crippen molar-refractivity contribution in [3.63, 3.8) is 0 Å². The fraction of sp³-hybridized carbons (Fsp3) is 0.583. The molecule has 7 nitrogen and oxygen atoms in total. The highest BCUT2D eigenvalue weighted by molar-refractivity contribution is 5.91. The third-order valence-corrected chi connectivity index (χ3v) is 7.11. The van der Waals surface area contributed by atoms with E-state index in [0.717, 1.165) is 82.1 Å². The average Bonchev–Trinajstić information content (AvgIpc) is 3.57. The van der Waals surface area contributed by atoms with Crippen molar-refractivity contribution in [3.8, 4) is 5.75 Å². The zero-order chi connectivity index (χ0) is 21.4. The molecule has 2 aromatic rings. The molecule has 1 aromatic carbocycles. The van der Waals surface area contributed by atoms with Gasteiger partial charge < -0.3 is 14.4 Å². The third kappa shape index (κ3) is 3.74. The first-order valence-corrected chi connectivity index (χ1v) is 11.5. The number of hydrogen-bond donors (Lipinski definition) is 0. The van der Waals surface area contributed by atoms with Crippen LogP contribution in [0.4, 0.5) is 0 Å². The number of fused-ring (bicyclic) bond motifs is 1. The molecule has 0 N–H and O–H groups in total. The predicted molar refractivity (Wildman–Crippen MR) is 117 cm³/mol. The van der Waals surface area contributed by atoms with E-state index in [0.29, 0.717) is 12.5 Å². The van der Waals surface area contributed by atoms with Gasteiger partial charge in [0.2, 0.25) is 5.91 Å². The van der Waals surface area contributed by atoms with Gasteiger partial charge in [-0.25, -0.2) is 0 Å². The fourth-order valence-electron chi connectivity index (χ4n) is 5.05. The molecule has 1 saturated heterocycles. The number of rotatable bonds is 6. The Morgan fingerprint density at radius 2 is 1.90 bits per heavy atom. The lowest BCUT2D eigenvalue weighted by Crippen LogP contribution is -2.51. The topological polar surface area (TPSA) is 59.8 Å². The maximum Gasteiger partial charge on any atom is 0.233 e. The van der Waals surface area contributed by atoms with Crippen LogP contribution in [0.2, 0.25) is 0 Å². The van der Waals surface area contributed by atoms with E-state index >= 15 is 0 Å². The number of carbonyl (C=O) groups excluding carboxylic acids is 1. The molecule has 0 radical (unpaired) electrons. The Morgan fingerprint density at radius 3 is 2.55 bits per heavy atom. The lowest BCUT2D eigenvalue weighted by atomic mass is 9.94. The van der Waals surface area contributed by atoms with E-state index in [9.17, 15) is 4.79 Å². The number of hydrogen-bond acceptors (Lipinski definition) is 5. The van der Waals surface area contributed by atoms with Crippen molar-refractivity contribution in [2.45, 2.75) is 51.3 Å². The van der Waals surface area contributed by atoms with Gasteiger partial charge in [0, 0.05) is 56.9 Å². The van der Waals surface area contributed by atoms with E-state index < -0.39 is 0 Å². The van der Waals surface area contributed by atoms with Crippen molar-refractivity contribution in [2.24, 2.45) is 0 Å². The van der Waals surface area contributed by atoms with Crippen LogP contribution in [-0.2, 0) is 41.1 Å². The highest BCUT2D eigenvalue weighted by Crippen LogP contribution is 2.50. The largest absolute Gasteiger partial charge is 0.497 e. The van der Waals surface area contributed by atoms with Crippen molar-refractivity contribution in [2.75, 3.05) is 39.9 Å². The van der Waals surface area contributed by atoms with Gasteiger partial charge in [0.1, 0.15) is 5.75 Å². The summed E-state index contributed by atoms with van der Waals surface area (Å²) in [4.78, 5) is 17.9. The van der Waals surface area contributed by atoms with Crippen molar-refractivity contribution in [1.82, 2.24) is 19.6 Å². The normalized spacial score (nSPS) is 20.4. The quantitative estimate of drug-likeness (QED) is 0.713. The summed E-state index contributed by atoms with van der Waals surface area (Å²) in [5, 5.41) is 4.87. The lowest BCUT2D eigenvalue weighted by molar-refractivity contribution is -0.135. The van der Waals surface area contributed by atoms with Crippen molar-refractivity contribution in [1.29, 1.82) is 0 Å². The van der Waals surface area contributed by atoms with Crippen LogP contribution in [0.15, 0.2) is 24.3 Å². The third-order valence-electron chi connectivity index (χ3n) is 7.11. The minimum absolute atomic E-state index is 0.290. The highest BCUT2D eigenvalue weighted by atomic mass is 16.5. The number of benzene rings is 1. The molecule has 0 spiro atoms. The number of aryl methyl sites for hydroxylation is 1. The lowest BCUT2D eigenvalue weighted by Gasteiger charge is -2.36. The number of carbonyl (C=O) groups is 1. The SMILES string of the molecule is CCn1nc(CN2CCN(C(=O)C3(c4ccc(OC)cc4)CC3)CC2)c2c1CCOC2. The van der Waals surface area contributed by atoms with Gasteiger partial charge in [0.15, 0.2) is 0 Å². The summed E-state index contributed by atoms with van der Waals surface area (Å²) in [5.74, 6) is 1.12. The zero-order valence-electron chi connectivity index (χ0n) is 18.6. The molecule has 2 aliphatic heterocycles. The Bertz CT molecular complexity index is 940. The fourth-order valence-corrected chi connectivity index (χ4v) is 5.05. The van der Waals surface area contributed by atoms with Gasteiger partial charge in [-0.3, -0.25) is 14.4 Å². The van der Waals surface area contributed by atoms with E-state index in [-0.39, 0.29) is 5.41 Å². The smallest absolute Gasteiger partial charge is 0.233 e. The highest BCUT2D eigenvalue weighted by Gasteiger charge is 2.53. The van der Waals surface area contributed by atoms with Gasteiger partial charge >= 0.3 is 0 Å². The van der Waals surface area contributed by atoms with E-state index in [1.165, 1.54) is 11.3 Å². The standard InChI is InChI=1S/C24H32N4O3/c1-3-28-22-8-15-31-17-20(22)21(25-28)16-26-11-13-27(14-12-26)23(29)24(9-10-24)18-4-6-19(30-2)7-5-18/h4-7H,3,8-17H2,1-2H3. The minimum atomic E-state index is -0.315. The van der Waals surface area contributed by atoms with Gasteiger partial charge in [0.25, 0.3) is 0 Å². The Labute approximate surface area is 183 Å². The van der Waals surface area contributed by atoms with Crippen LogP contribution in [0.3, 0.4) is 0 Å². The Balaban J connectivity index is 1.22. The molecule has 1 aromatic heterocycles. The van der Waals surface area contributed by atoms with Gasteiger partial charge in [-0.05, 0) is 37.5 Å². The van der Waals surface area contributed by atoms with Crippen molar-refractivity contribution < 1.29 is 14.3 Å². The molecule has 166 valence electrons. The second-order valence-electron chi connectivity index (χ2n) is 8.87. The summed E-state index contributed by atoms with van der Waals surface area (Å²) in [6.07, 6.45) is 2.84. The summed E-state index contributed by atoms with van der Waals surface area (Å²) in [6.45, 7) is 8.68. The number of ether oxygens (including phenoxy) is 2. The van der Waals surface area contributed by atoms with Crippen LogP contribution in [0.1, 0.15) is 42.3 Å². The van der Waals surface area contributed by atoms with Crippen LogP contribution >= 0.6 is 0 Å². The van der Waals surface area contributed by atoms with Crippen molar-refractivity contribution >= 4 is 5.91 Å². The van der Waals surface area contributed by atoms with E-state index in [2.05, 4.69) is 33.5 Å². The predicted octanol–water partition coefficient (Wildman–Crippen LogP) is 2.36. The Hall–Kier alpha value is -2.38. The zero-order valence-corrected chi connectivity index (χ0v) is 18.6. The summed E-state index contributed by atoms with van der Waals surface area (Å²) in [7, 11) is 1.67. The molecule has 3 aliphatic rings. The van der Waals surface area contributed by atoms with E-state index in [1.807, 2.05) is 12.1 Å². The maximum absolute atomic E-state index is 13.4. The monoisotopic (exact) mass is 424 g/mol. The molecule has 1 amide bonds. The van der Waals surface area contributed by atoms with Gasteiger partial charge in [-0.1, -0.05) is 12.1 Å². The van der Waals surface area contributed by atoms with E-state index in [4.69, 9.17) is 14.6 Å². The first-order chi connectivity index (χ1) is 15.1. The second kappa shape index (κ2) is 8.28. The Morgan fingerprint density at radius 1 is 1.16 bits per heavy atom. The molecule has 0 unspecified atom stereocenters. The molecule has 0 atom stereocenters. The molecule has 0 bridgehead atoms. The van der Waals surface area contributed by atoms with Crippen LogP contribution < -0.4 is 4.74 Å². The van der Waals surface area contributed by atoms with Gasteiger partial charge in [0.05, 0.1) is 31.4 Å². The van der Waals surface area contributed by atoms with Gasteiger partial charge in [-0.2, -0.15) is 5.10 Å². The number of aromatic nitrogens is 2. The number of piperazine rings is 1. The van der Waals surface area contributed by atoms with Crippen LogP contribution in [0.25, 0.3) is 0 Å². The van der Waals surface area contributed by atoms with Gasteiger partial charge in [-0.15, -0.1) is 0 Å². The summed E-state index contributed by atoms with van der Waals surface area (Å²) >= 11 is 0.